The molecule has 0 aliphatic carbocycles. The van der Waals surface area contributed by atoms with Crippen molar-refractivity contribution in [2.24, 2.45) is 0 Å². The van der Waals surface area contributed by atoms with Gasteiger partial charge in [0, 0.05) is 51.2 Å². The summed E-state index contributed by atoms with van der Waals surface area (Å²) < 4.78 is 0. The van der Waals surface area contributed by atoms with Crippen LogP contribution in [0, 0.1) is 0 Å². The van der Waals surface area contributed by atoms with E-state index in [9.17, 15) is 0 Å². The van der Waals surface area contributed by atoms with Crippen LogP contribution in [0.15, 0.2) is 54.9 Å². The Morgan fingerprint density at radius 1 is 1.00 bits per heavy atom. The highest BCUT2D eigenvalue weighted by molar-refractivity contribution is 5.15. The number of benzene rings is 1. The first-order chi connectivity index (χ1) is 10.3. The van der Waals surface area contributed by atoms with Gasteiger partial charge in [-0.3, -0.25) is 14.8 Å². The maximum absolute atomic E-state index is 4.23. The first kappa shape index (κ1) is 14.2. The molecule has 1 fully saturated rings. The second-order valence-electron chi connectivity index (χ2n) is 5.76. The van der Waals surface area contributed by atoms with Crippen LogP contribution in [0.25, 0.3) is 0 Å². The van der Waals surface area contributed by atoms with Crippen LogP contribution in [0.5, 0.6) is 0 Å². The van der Waals surface area contributed by atoms with E-state index in [-0.39, 0.29) is 0 Å². The molecule has 2 heterocycles. The van der Waals surface area contributed by atoms with Crippen molar-refractivity contribution in [2.45, 2.75) is 19.5 Å². The first-order valence-electron chi connectivity index (χ1n) is 7.73. The van der Waals surface area contributed by atoms with E-state index in [4.69, 9.17) is 0 Å². The Kier molecular flexibility index (Phi) is 4.63. The molecule has 0 N–H and O–H groups in total. The van der Waals surface area contributed by atoms with Gasteiger partial charge in [0.1, 0.15) is 0 Å². The van der Waals surface area contributed by atoms with E-state index in [0.717, 1.165) is 32.7 Å². The zero-order chi connectivity index (χ0) is 14.5. The fourth-order valence-corrected chi connectivity index (χ4v) is 2.98. The number of nitrogens with zero attached hydrogens (tertiary/aromatic N) is 3. The smallest absolute Gasteiger partial charge is 0.0336 e. The lowest BCUT2D eigenvalue weighted by atomic mass is 10.1. The van der Waals surface area contributed by atoms with Gasteiger partial charge in [-0.1, -0.05) is 36.4 Å². The van der Waals surface area contributed by atoms with E-state index in [1.54, 1.807) is 0 Å². The number of aromatic nitrogens is 1. The average Bonchev–Trinajstić information content (AvgIpc) is 2.57. The van der Waals surface area contributed by atoms with Crippen molar-refractivity contribution in [1.29, 1.82) is 0 Å². The van der Waals surface area contributed by atoms with Gasteiger partial charge in [0.2, 0.25) is 0 Å². The standard InChI is InChI=1S/C18H23N3/c1-16(18-8-5-9-19-14-18)21-12-10-20(11-13-21)15-17-6-3-2-4-7-17/h2-9,14,16H,10-13,15H2,1H3/t16-/m1/s1. The van der Waals surface area contributed by atoms with Gasteiger partial charge in [-0.2, -0.15) is 0 Å². The van der Waals surface area contributed by atoms with Crippen molar-refractivity contribution in [3.05, 3.63) is 66.0 Å². The number of piperazine rings is 1. The second-order valence-corrected chi connectivity index (χ2v) is 5.76. The van der Waals surface area contributed by atoms with Gasteiger partial charge in [-0.15, -0.1) is 0 Å². The lowest BCUT2D eigenvalue weighted by Crippen LogP contribution is -2.46. The summed E-state index contributed by atoms with van der Waals surface area (Å²) in [6.07, 6.45) is 3.83. The van der Waals surface area contributed by atoms with Gasteiger partial charge in [0.15, 0.2) is 0 Å². The quantitative estimate of drug-likeness (QED) is 0.859. The van der Waals surface area contributed by atoms with Crippen molar-refractivity contribution >= 4 is 0 Å². The third-order valence-corrected chi connectivity index (χ3v) is 4.37. The third kappa shape index (κ3) is 3.69. The van der Waals surface area contributed by atoms with Crippen LogP contribution in [0.2, 0.25) is 0 Å². The van der Waals surface area contributed by atoms with Gasteiger partial charge in [-0.25, -0.2) is 0 Å². The van der Waals surface area contributed by atoms with E-state index in [0.29, 0.717) is 6.04 Å². The molecule has 110 valence electrons. The Balaban J connectivity index is 1.53. The van der Waals surface area contributed by atoms with E-state index < -0.39 is 0 Å². The van der Waals surface area contributed by atoms with Gasteiger partial charge in [0.05, 0.1) is 0 Å². The molecule has 1 aliphatic rings. The zero-order valence-electron chi connectivity index (χ0n) is 12.7. The summed E-state index contributed by atoms with van der Waals surface area (Å²) in [5.74, 6) is 0. The molecular formula is C18H23N3. The molecule has 21 heavy (non-hydrogen) atoms. The number of pyridine rings is 1. The van der Waals surface area contributed by atoms with Gasteiger partial charge < -0.3 is 0 Å². The monoisotopic (exact) mass is 281 g/mol. The van der Waals surface area contributed by atoms with Crippen molar-refractivity contribution in [2.75, 3.05) is 26.2 Å². The van der Waals surface area contributed by atoms with E-state index in [2.05, 4.69) is 58.1 Å². The number of rotatable bonds is 4. The maximum Gasteiger partial charge on any atom is 0.0336 e. The third-order valence-electron chi connectivity index (χ3n) is 4.37. The molecule has 3 nitrogen and oxygen atoms in total. The topological polar surface area (TPSA) is 19.4 Å². The first-order valence-corrected chi connectivity index (χ1v) is 7.73. The molecule has 1 saturated heterocycles. The molecule has 1 atom stereocenters. The molecule has 0 unspecified atom stereocenters. The van der Waals surface area contributed by atoms with Crippen LogP contribution in [0.4, 0.5) is 0 Å². The molecule has 1 aromatic carbocycles. The summed E-state index contributed by atoms with van der Waals surface area (Å²) >= 11 is 0. The molecular weight excluding hydrogens is 258 g/mol. The van der Waals surface area contributed by atoms with E-state index in [1.165, 1.54) is 11.1 Å². The largest absolute Gasteiger partial charge is 0.297 e. The maximum atomic E-state index is 4.23. The Hall–Kier alpha value is -1.71. The highest BCUT2D eigenvalue weighted by Crippen LogP contribution is 2.21. The predicted octanol–water partition coefficient (Wildman–Crippen LogP) is 2.96. The Bertz CT molecular complexity index is 533. The van der Waals surface area contributed by atoms with Crippen molar-refractivity contribution in [3.63, 3.8) is 0 Å². The van der Waals surface area contributed by atoms with E-state index in [1.807, 2.05) is 18.5 Å². The second kappa shape index (κ2) is 6.83. The van der Waals surface area contributed by atoms with Gasteiger partial charge in [-0.05, 0) is 24.1 Å². The highest BCUT2D eigenvalue weighted by atomic mass is 15.3. The molecule has 3 heteroatoms. The normalized spacial score (nSPS) is 18.5. The van der Waals surface area contributed by atoms with Crippen LogP contribution < -0.4 is 0 Å². The van der Waals surface area contributed by atoms with Crippen LogP contribution in [-0.2, 0) is 6.54 Å². The molecule has 0 bridgehead atoms. The van der Waals surface area contributed by atoms with Crippen molar-refractivity contribution in [3.8, 4) is 0 Å². The Morgan fingerprint density at radius 2 is 1.76 bits per heavy atom. The van der Waals surface area contributed by atoms with Crippen LogP contribution >= 0.6 is 0 Å². The van der Waals surface area contributed by atoms with Crippen LogP contribution in [0.1, 0.15) is 24.1 Å². The molecule has 2 aromatic rings. The molecule has 0 amide bonds. The molecule has 0 spiro atoms. The number of hydrogen-bond acceptors (Lipinski definition) is 3. The Labute approximate surface area is 127 Å². The minimum absolute atomic E-state index is 0.456. The summed E-state index contributed by atoms with van der Waals surface area (Å²) in [6, 6.07) is 15.4. The van der Waals surface area contributed by atoms with Crippen molar-refractivity contribution < 1.29 is 0 Å². The number of hydrogen-bond donors (Lipinski definition) is 0. The predicted molar refractivity (Wildman–Crippen MR) is 85.9 cm³/mol. The summed E-state index contributed by atoms with van der Waals surface area (Å²) in [6.45, 7) is 7.88. The molecule has 0 saturated carbocycles. The summed E-state index contributed by atoms with van der Waals surface area (Å²) in [7, 11) is 0. The molecule has 1 aliphatic heterocycles. The molecule has 3 rings (SSSR count). The van der Waals surface area contributed by atoms with Gasteiger partial charge >= 0.3 is 0 Å². The fourth-order valence-electron chi connectivity index (χ4n) is 2.98. The van der Waals surface area contributed by atoms with Crippen LogP contribution in [-0.4, -0.2) is 41.0 Å². The summed E-state index contributed by atoms with van der Waals surface area (Å²) in [5, 5.41) is 0. The Morgan fingerprint density at radius 3 is 2.43 bits per heavy atom. The average molecular weight is 281 g/mol. The SMILES string of the molecule is C[C@H](c1cccnc1)N1CCN(Cc2ccccc2)CC1. The van der Waals surface area contributed by atoms with E-state index >= 15 is 0 Å². The minimum atomic E-state index is 0.456. The van der Waals surface area contributed by atoms with Crippen LogP contribution in [0.3, 0.4) is 0 Å². The van der Waals surface area contributed by atoms with Crippen molar-refractivity contribution in [1.82, 2.24) is 14.8 Å². The lowest BCUT2D eigenvalue weighted by molar-refractivity contribution is 0.0977. The fraction of sp³-hybridized carbons (Fsp3) is 0.389. The lowest BCUT2D eigenvalue weighted by Gasteiger charge is -2.38. The molecule has 1 aromatic heterocycles. The zero-order valence-corrected chi connectivity index (χ0v) is 12.7. The summed E-state index contributed by atoms with van der Waals surface area (Å²) in [4.78, 5) is 9.33. The molecule has 0 radical (unpaired) electrons. The summed E-state index contributed by atoms with van der Waals surface area (Å²) in [5.41, 5.74) is 2.72. The minimum Gasteiger partial charge on any atom is -0.297 e. The van der Waals surface area contributed by atoms with Gasteiger partial charge in [0.25, 0.3) is 0 Å². The highest BCUT2D eigenvalue weighted by Gasteiger charge is 2.21.